The Hall–Kier alpha value is -2.97. The first-order chi connectivity index (χ1) is 17.0. The van der Waals surface area contributed by atoms with Gasteiger partial charge in [-0.05, 0) is 56.0 Å². The van der Waals surface area contributed by atoms with Crippen molar-refractivity contribution in [3.63, 3.8) is 0 Å². The summed E-state index contributed by atoms with van der Waals surface area (Å²) >= 11 is 0. The van der Waals surface area contributed by atoms with Gasteiger partial charge in [0.2, 0.25) is 5.91 Å². The van der Waals surface area contributed by atoms with Gasteiger partial charge in [0.1, 0.15) is 18.1 Å². The number of pyridine rings is 1. The lowest BCUT2D eigenvalue weighted by atomic mass is 9.83. The lowest BCUT2D eigenvalue weighted by Gasteiger charge is -2.36. The van der Waals surface area contributed by atoms with Crippen molar-refractivity contribution < 1.29 is 14.7 Å². The molecule has 1 unspecified atom stereocenters. The van der Waals surface area contributed by atoms with Gasteiger partial charge < -0.3 is 21.1 Å². The van der Waals surface area contributed by atoms with Gasteiger partial charge in [-0.25, -0.2) is 4.98 Å². The van der Waals surface area contributed by atoms with Crippen molar-refractivity contribution in [3.8, 4) is 0 Å². The first kappa shape index (κ1) is 25.1. The number of aliphatic hydroxyl groups is 1. The predicted octanol–water partition coefficient (Wildman–Crippen LogP) is 2.83. The Bertz CT molecular complexity index is 995. The van der Waals surface area contributed by atoms with E-state index in [2.05, 4.69) is 20.9 Å². The third kappa shape index (κ3) is 5.82. The molecule has 0 saturated heterocycles. The highest BCUT2D eigenvalue weighted by Crippen LogP contribution is 2.35. The van der Waals surface area contributed by atoms with Gasteiger partial charge in [-0.15, -0.1) is 0 Å². The van der Waals surface area contributed by atoms with Crippen molar-refractivity contribution in [2.24, 2.45) is 5.92 Å². The average Bonchev–Trinajstić information content (AvgIpc) is 3.28. The van der Waals surface area contributed by atoms with E-state index in [4.69, 9.17) is 0 Å². The molecular formula is C27H37N5O3. The van der Waals surface area contributed by atoms with Crippen LogP contribution in [-0.4, -0.2) is 52.8 Å². The lowest BCUT2D eigenvalue weighted by molar-refractivity contribution is -0.130. The second kappa shape index (κ2) is 11.6. The van der Waals surface area contributed by atoms with Gasteiger partial charge >= 0.3 is 0 Å². The second-order valence-corrected chi connectivity index (χ2v) is 9.58. The quantitative estimate of drug-likeness (QED) is 0.412. The summed E-state index contributed by atoms with van der Waals surface area (Å²) in [6.45, 7) is 4.43. The van der Waals surface area contributed by atoms with E-state index in [-0.39, 0.29) is 17.7 Å². The standard InChI is InChI=1S/C27H37N5O3/c1-3-28-18(2)25(33)31-23(19-11-6-4-7-12-19)27(35)32-22(17-20-13-10-16-29-24(20)32)26(34)30-21-14-8-5-9-15-21/h5,8-10,13-16,18-19,22-23,26,28,30,34H,3-4,6-7,11-12,17H2,1-2H3,(H,31,33)/t18-,22-,23-,26?/m0/s1. The molecule has 1 aliphatic heterocycles. The van der Waals surface area contributed by atoms with Crippen molar-refractivity contribution in [3.05, 3.63) is 54.2 Å². The minimum atomic E-state index is -1.00. The van der Waals surface area contributed by atoms with Crippen molar-refractivity contribution in [2.75, 3.05) is 16.8 Å². The highest BCUT2D eigenvalue weighted by Gasteiger charge is 2.44. The number of rotatable bonds is 9. The molecule has 1 saturated carbocycles. The first-order valence-corrected chi connectivity index (χ1v) is 12.8. The number of para-hydroxylation sites is 1. The summed E-state index contributed by atoms with van der Waals surface area (Å²) in [4.78, 5) is 33.3. The molecule has 0 bridgehead atoms. The fraction of sp³-hybridized carbons (Fsp3) is 0.519. The van der Waals surface area contributed by atoms with E-state index in [0.29, 0.717) is 18.8 Å². The van der Waals surface area contributed by atoms with Crippen LogP contribution in [0.25, 0.3) is 0 Å². The van der Waals surface area contributed by atoms with Crippen LogP contribution in [-0.2, 0) is 16.0 Å². The van der Waals surface area contributed by atoms with Gasteiger partial charge in [-0.1, -0.05) is 50.5 Å². The molecule has 1 aromatic heterocycles. The molecule has 2 aliphatic rings. The van der Waals surface area contributed by atoms with Crippen molar-refractivity contribution in [1.29, 1.82) is 0 Å². The maximum absolute atomic E-state index is 14.2. The number of amides is 2. The van der Waals surface area contributed by atoms with Crippen molar-refractivity contribution in [1.82, 2.24) is 15.6 Å². The number of hydrogen-bond acceptors (Lipinski definition) is 6. The Kier molecular flexibility index (Phi) is 8.36. The van der Waals surface area contributed by atoms with E-state index in [1.54, 1.807) is 11.1 Å². The largest absolute Gasteiger partial charge is 0.372 e. The van der Waals surface area contributed by atoms with E-state index >= 15 is 0 Å². The second-order valence-electron chi connectivity index (χ2n) is 9.58. The van der Waals surface area contributed by atoms with Gasteiger partial charge in [0.05, 0.1) is 12.1 Å². The molecule has 4 N–H and O–H groups in total. The Balaban J connectivity index is 1.62. The van der Waals surface area contributed by atoms with E-state index < -0.39 is 24.4 Å². The third-order valence-electron chi connectivity index (χ3n) is 7.14. The number of fused-ring (bicyclic) bond motifs is 1. The monoisotopic (exact) mass is 479 g/mol. The van der Waals surface area contributed by atoms with Crippen LogP contribution >= 0.6 is 0 Å². The number of nitrogens with one attached hydrogen (secondary N) is 3. The highest BCUT2D eigenvalue weighted by molar-refractivity contribution is 6.01. The van der Waals surface area contributed by atoms with Gasteiger partial charge in [0.25, 0.3) is 5.91 Å². The Labute approximate surface area is 207 Å². The smallest absolute Gasteiger partial charge is 0.251 e. The molecule has 2 amide bonds. The SMILES string of the molecule is CCN[C@@H](C)C(=O)N[C@H](C(=O)N1c2ncccc2C[C@H]1C(O)Nc1ccccc1)C1CCCCC1. The zero-order valence-electron chi connectivity index (χ0n) is 20.6. The molecule has 2 heterocycles. The molecule has 4 atom stereocenters. The van der Waals surface area contributed by atoms with Crippen LogP contribution in [0.2, 0.25) is 0 Å². The van der Waals surface area contributed by atoms with Crippen molar-refractivity contribution >= 4 is 23.3 Å². The minimum Gasteiger partial charge on any atom is -0.372 e. The topological polar surface area (TPSA) is 107 Å². The predicted molar refractivity (Wildman–Crippen MR) is 137 cm³/mol. The molecule has 0 spiro atoms. The molecule has 8 nitrogen and oxygen atoms in total. The fourth-order valence-corrected chi connectivity index (χ4v) is 5.28. The van der Waals surface area contributed by atoms with E-state index in [1.165, 1.54) is 0 Å². The fourth-order valence-electron chi connectivity index (χ4n) is 5.28. The molecule has 0 radical (unpaired) electrons. The average molecular weight is 480 g/mol. The Morgan fingerprint density at radius 3 is 2.57 bits per heavy atom. The van der Waals surface area contributed by atoms with Crippen LogP contribution < -0.4 is 20.9 Å². The summed E-state index contributed by atoms with van der Waals surface area (Å²) in [6, 6.07) is 11.6. The number of anilines is 2. The zero-order valence-corrected chi connectivity index (χ0v) is 20.6. The number of aliphatic hydroxyl groups excluding tert-OH is 1. The van der Waals surface area contributed by atoms with Crippen LogP contribution in [0.3, 0.4) is 0 Å². The molecule has 35 heavy (non-hydrogen) atoms. The van der Waals surface area contributed by atoms with Gasteiger partial charge in [-0.2, -0.15) is 0 Å². The van der Waals surface area contributed by atoms with E-state index in [1.807, 2.05) is 56.3 Å². The number of likely N-dealkylation sites (N-methyl/N-ethyl adjacent to an activating group) is 1. The number of nitrogens with zero attached hydrogens (tertiary/aromatic N) is 2. The van der Waals surface area contributed by atoms with Crippen LogP contribution in [0, 0.1) is 5.92 Å². The normalized spacial score (nSPS) is 20.5. The number of benzene rings is 1. The van der Waals surface area contributed by atoms with Gasteiger partial charge in [0.15, 0.2) is 0 Å². The molecule has 2 aromatic rings. The number of hydrogen-bond donors (Lipinski definition) is 4. The van der Waals surface area contributed by atoms with E-state index in [9.17, 15) is 14.7 Å². The van der Waals surface area contributed by atoms with Gasteiger partial charge in [-0.3, -0.25) is 14.5 Å². The Morgan fingerprint density at radius 2 is 1.86 bits per heavy atom. The summed E-state index contributed by atoms with van der Waals surface area (Å²) in [5.41, 5.74) is 1.68. The molecule has 1 fully saturated rings. The molecule has 1 aliphatic carbocycles. The first-order valence-electron chi connectivity index (χ1n) is 12.8. The van der Waals surface area contributed by atoms with Gasteiger partial charge in [0, 0.05) is 18.3 Å². The van der Waals surface area contributed by atoms with Crippen LogP contribution in [0.5, 0.6) is 0 Å². The van der Waals surface area contributed by atoms with E-state index in [0.717, 1.165) is 43.4 Å². The number of carbonyl (C=O) groups excluding carboxylic acids is 2. The summed E-state index contributed by atoms with van der Waals surface area (Å²) in [5.74, 6) is 0.230. The minimum absolute atomic E-state index is 0.0571. The highest BCUT2D eigenvalue weighted by atomic mass is 16.3. The summed E-state index contributed by atoms with van der Waals surface area (Å²) in [7, 11) is 0. The third-order valence-corrected chi connectivity index (χ3v) is 7.14. The van der Waals surface area contributed by atoms with Crippen molar-refractivity contribution in [2.45, 2.75) is 76.7 Å². The Morgan fingerprint density at radius 1 is 1.11 bits per heavy atom. The molecule has 4 rings (SSSR count). The maximum Gasteiger partial charge on any atom is 0.251 e. The molecular weight excluding hydrogens is 442 g/mol. The summed E-state index contributed by atoms with van der Waals surface area (Å²) in [6.07, 6.45) is 6.17. The molecule has 8 heteroatoms. The maximum atomic E-state index is 14.2. The van der Waals surface area contributed by atoms with Crippen LogP contribution in [0.15, 0.2) is 48.7 Å². The lowest BCUT2D eigenvalue weighted by Crippen LogP contribution is -2.59. The summed E-state index contributed by atoms with van der Waals surface area (Å²) < 4.78 is 0. The molecule has 1 aromatic carbocycles. The van der Waals surface area contributed by atoms with Crippen LogP contribution in [0.1, 0.15) is 51.5 Å². The van der Waals surface area contributed by atoms with Crippen LogP contribution in [0.4, 0.5) is 11.5 Å². The zero-order chi connectivity index (χ0) is 24.8. The molecule has 188 valence electrons. The summed E-state index contributed by atoms with van der Waals surface area (Å²) in [5, 5.41) is 20.5. The number of aromatic nitrogens is 1. The number of carbonyl (C=O) groups is 2.